The summed E-state index contributed by atoms with van der Waals surface area (Å²) in [7, 11) is 0. The van der Waals surface area contributed by atoms with Crippen LogP contribution in [0.5, 0.6) is 11.5 Å². The summed E-state index contributed by atoms with van der Waals surface area (Å²) in [4.78, 5) is 27.8. The number of aromatic nitrogens is 1. The molecule has 2 N–H and O–H groups in total. The quantitative estimate of drug-likeness (QED) is 0.441. The first kappa shape index (κ1) is 18.7. The number of pyridine rings is 1. The van der Waals surface area contributed by atoms with Gasteiger partial charge in [-0.1, -0.05) is 23.7 Å². The fraction of sp³-hybridized carbons (Fsp3) is 0.0455. The van der Waals surface area contributed by atoms with Crippen LogP contribution < -0.4 is 26.2 Å². The molecule has 1 aromatic heterocycles. The zero-order chi connectivity index (χ0) is 20.2. The Balaban J connectivity index is 1.39. The molecular weight excluding hydrogens is 390 g/mol. The Kier molecular flexibility index (Phi) is 5.27. The van der Waals surface area contributed by atoms with E-state index in [-0.39, 0.29) is 11.4 Å². The Morgan fingerprint density at radius 3 is 2.17 bits per heavy atom. The molecule has 29 heavy (non-hydrogen) atoms. The van der Waals surface area contributed by atoms with Crippen molar-refractivity contribution < 1.29 is 4.74 Å². The standard InChI is InChI=1S/C22H16ClN3O3/c23-15-5-9-18(10-6-15)29-17-7-3-14(4-8-17)12-25-19-20(22(28)21(19)27)26-16-2-1-11-24-13-16/h1-11,13,25-26H,12H2. The van der Waals surface area contributed by atoms with Gasteiger partial charge in [-0.25, -0.2) is 0 Å². The van der Waals surface area contributed by atoms with Crippen molar-refractivity contribution in [1.82, 2.24) is 4.98 Å². The molecule has 4 rings (SSSR count). The average Bonchev–Trinajstić information content (AvgIpc) is 2.76. The molecule has 6 nitrogen and oxygen atoms in total. The van der Waals surface area contributed by atoms with Crippen LogP contribution in [0.1, 0.15) is 5.56 Å². The highest BCUT2D eigenvalue weighted by molar-refractivity contribution is 6.30. The molecule has 0 fully saturated rings. The molecule has 0 aliphatic carbocycles. The molecule has 144 valence electrons. The van der Waals surface area contributed by atoms with Gasteiger partial charge in [0.2, 0.25) is 0 Å². The van der Waals surface area contributed by atoms with Gasteiger partial charge in [-0.15, -0.1) is 0 Å². The molecule has 4 aromatic rings. The Labute approximate surface area is 171 Å². The van der Waals surface area contributed by atoms with E-state index >= 15 is 0 Å². The number of nitrogens with zero attached hydrogens (tertiary/aromatic N) is 1. The number of hydrogen-bond acceptors (Lipinski definition) is 6. The summed E-state index contributed by atoms with van der Waals surface area (Å²) in [5.74, 6) is 1.37. The van der Waals surface area contributed by atoms with Gasteiger partial charge in [0.15, 0.2) is 0 Å². The van der Waals surface area contributed by atoms with E-state index in [1.54, 1.807) is 48.8 Å². The Bertz CT molecular complexity index is 1180. The minimum Gasteiger partial charge on any atom is -0.457 e. The first-order valence-electron chi connectivity index (χ1n) is 8.87. The van der Waals surface area contributed by atoms with E-state index in [0.29, 0.717) is 28.8 Å². The summed E-state index contributed by atoms with van der Waals surface area (Å²) in [5, 5.41) is 6.62. The summed E-state index contributed by atoms with van der Waals surface area (Å²) in [6.07, 6.45) is 3.22. The summed E-state index contributed by atoms with van der Waals surface area (Å²) < 4.78 is 5.76. The van der Waals surface area contributed by atoms with E-state index in [1.807, 2.05) is 24.3 Å². The van der Waals surface area contributed by atoms with Crippen LogP contribution in [-0.4, -0.2) is 4.98 Å². The highest BCUT2D eigenvalue weighted by Crippen LogP contribution is 2.24. The molecular formula is C22H16ClN3O3. The second-order valence-corrected chi connectivity index (χ2v) is 6.76. The Morgan fingerprint density at radius 1 is 0.862 bits per heavy atom. The third-order valence-electron chi connectivity index (χ3n) is 4.28. The second-order valence-electron chi connectivity index (χ2n) is 6.33. The highest BCUT2D eigenvalue weighted by Gasteiger charge is 2.20. The van der Waals surface area contributed by atoms with Crippen molar-refractivity contribution >= 4 is 28.7 Å². The van der Waals surface area contributed by atoms with Gasteiger partial charge in [0.05, 0.1) is 11.9 Å². The van der Waals surface area contributed by atoms with Gasteiger partial charge in [0, 0.05) is 17.8 Å². The highest BCUT2D eigenvalue weighted by atomic mass is 35.5. The normalized spacial score (nSPS) is 10.7. The molecule has 0 atom stereocenters. The lowest BCUT2D eigenvalue weighted by Gasteiger charge is -2.15. The molecule has 0 amide bonds. The third-order valence-corrected chi connectivity index (χ3v) is 4.54. The van der Waals surface area contributed by atoms with Crippen LogP contribution in [-0.2, 0) is 6.54 Å². The average molecular weight is 406 g/mol. The molecule has 0 aliphatic heterocycles. The van der Waals surface area contributed by atoms with Crippen LogP contribution in [0, 0.1) is 0 Å². The summed E-state index contributed by atoms with van der Waals surface area (Å²) in [5.41, 5.74) is 1.05. The van der Waals surface area contributed by atoms with Crippen molar-refractivity contribution in [2.45, 2.75) is 6.54 Å². The first-order valence-corrected chi connectivity index (χ1v) is 9.24. The number of nitrogens with one attached hydrogen (secondary N) is 2. The summed E-state index contributed by atoms with van der Waals surface area (Å²) >= 11 is 5.87. The SMILES string of the molecule is O=c1c(NCc2ccc(Oc3ccc(Cl)cc3)cc2)c(Nc2cccnc2)c1=O. The predicted molar refractivity (Wildman–Crippen MR) is 114 cm³/mol. The lowest BCUT2D eigenvalue weighted by Crippen LogP contribution is -2.36. The number of anilines is 3. The van der Waals surface area contributed by atoms with Crippen molar-refractivity contribution in [2.75, 3.05) is 10.6 Å². The maximum absolute atomic E-state index is 11.9. The van der Waals surface area contributed by atoms with Crippen LogP contribution in [0.25, 0.3) is 0 Å². The zero-order valence-corrected chi connectivity index (χ0v) is 15.9. The number of halogens is 1. The number of ether oxygens (including phenoxy) is 1. The lowest BCUT2D eigenvalue weighted by molar-refractivity contribution is 0.482. The fourth-order valence-corrected chi connectivity index (χ4v) is 2.89. The van der Waals surface area contributed by atoms with Crippen LogP contribution >= 0.6 is 11.6 Å². The van der Waals surface area contributed by atoms with E-state index in [1.165, 1.54) is 0 Å². The van der Waals surface area contributed by atoms with Gasteiger partial charge in [0.1, 0.15) is 22.9 Å². The van der Waals surface area contributed by atoms with E-state index in [0.717, 1.165) is 5.56 Å². The molecule has 0 radical (unpaired) electrons. The lowest BCUT2D eigenvalue weighted by atomic mass is 10.1. The minimum atomic E-state index is -0.539. The van der Waals surface area contributed by atoms with Gasteiger partial charge in [-0.3, -0.25) is 14.6 Å². The van der Waals surface area contributed by atoms with Gasteiger partial charge in [-0.2, -0.15) is 0 Å². The van der Waals surface area contributed by atoms with Crippen LogP contribution in [0.4, 0.5) is 17.1 Å². The molecule has 0 saturated heterocycles. The predicted octanol–water partition coefficient (Wildman–Crippen LogP) is 4.48. The van der Waals surface area contributed by atoms with E-state index in [9.17, 15) is 9.59 Å². The van der Waals surface area contributed by atoms with E-state index < -0.39 is 10.9 Å². The van der Waals surface area contributed by atoms with E-state index in [2.05, 4.69) is 15.6 Å². The molecule has 0 aliphatic rings. The van der Waals surface area contributed by atoms with Crippen molar-refractivity contribution in [2.24, 2.45) is 0 Å². The Morgan fingerprint density at radius 2 is 1.52 bits per heavy atom. The number of benzene rings is 2. The van der Waals surface area contributed by atoms with Gasteiger partial charge >= 0.3 is 0 Å². The van der Waals surface area contributed by atoms with Crippen molar-refractivity contribution in [1.29, 1.82) is 0 Å². The maximum Gasteiger partial charge on any atom is 0.253 e. The zero-order valence-electron chi connectivity index (χ0n) is 15.2. The van der Waals surface area contributed by atoms with Crippen molar-refractivity contribution in [3.63, 3.8) is 0 Å². The van der Waals surface area contributed by atoms with Crippen molar-refractivity contribution in [3.8, 4) is 11.5 Å². The molecule has 0 saturated carbocycles. The molecule has 0 unspecified atom stereocenters. The number of hydrogen-bond donors (Lipinski definition) is 2. The molecule has 7 heteroatoms. The molecule has 0 spiro atoms. The van der Waals surface area contributed by atoms with Crippen LogP contribution in [0.2, 0.25) is 5.02 Å². The number of rotatable bonds is 7. The fourth-order valence-electron chi connectivity index (χ4n) is 2.77. The summed E-state index contributed by atoms with van der Waals surface area (Å²) in [6, 6.07) is 18.1. The van der Waals surface area contributed by atoms with Gasteiger partial charge in [-0.05, 0) is 54.1 Å². The smallest absolute Gasteiger partial charge is 0.253 e. The second kappa shape index (κ2) is 8.16. The van der Waals surface area contributed by atoms with E-state index in [4.69, 9.17) is 16.3 Å². The Hall–Kier alpha value is -3.64. The van der Waals surface area contributed by atoms with Gasteiger partial charge in [0.25, 0.3) is 10.9 Å². The monoisotopic (exact) mass is 405 g/mol. The summed E-state index contributed by atoms with van der Waals surface area (Å²) in [6.45, 7) is 0.397. The van der Waals surface area contributed by atoms with Crippen LogP contribution in [0.3, 0.4) is 0 Å². The molecule has 0 bridgehead atoms. The molecule has 1 heterocycles. The van der Waals surface area contributed by atoms with Gasteiger partial charge < -0.3 is 15.4 Å². The largest absolute Gasteiger partial charge is 0.457 e. The van der Waals surface area contributed by atoms with Crippen LogP contribution in [0.15, 0.2) is 82.6 Å². The maximum atomic E-state index is 11.9. The topological polar surface area (TPSA) is 80.3 Å². The third kappa shape index (κ3) is 4.28. The first-order chi connectivity index (χ1) is 14.1. The molecule has 3 aromatic carbocycles. The minimum absolute atomic E-state index is 0.255. The van der Waals surface area contributed by atoms with Crippen molar-refractivity contribution in [3.05, 3.63) is 104 Å².